The molecular formula is C42H71NO3. The number of carbonyl (C=O) groups is 1. The average Bonchev–Trinajstić information content (AvgIpc) is 3.06. The molecule has 0 heterocycles. The molecule has 0 aliphatic rings. The number of aliphatic hydroxyl groups excluding tert-OH is 2. The van der Waals surface area contributed by atoms with Crippen LogP contribution >= 0.6 is 0 Å². The molecule has 4 nitrogen and oxygen atoms in total. The number of nitrogens with one attached hydrogen (secondary N) is 1. The fraction of sp³-hybridized carbons (Fsp3) is 0.643. The molecule has 0 aliphatic heterocycles. The summed E-state index contributed by atoms with van der Waals surface area (Å²) in [5.41, 5.74) is 0. The normalized spacial score (nSPS) is 14.1. The lowest BCUT2D eigenvalue weighted by atomic mass is 10.0. The van der Waals surface area contributed by atoms with Gasteiger partial charge in [-0.3, -0.25) is 4.79 Å². The molecule has 46 heavy (non-hydrogen) atoms. The second kappa shape index (κ2) is 37.0. The standard InChI is InChI=1S/C42H71NO3/c1-3-5-7-8-9-10-11-12-13-14-15-16-17-18-19-20-21-22-23-24-25-26-27-28-29-30-31-32-33-34-36-38-42(46)43-40(39-44)41(45)37-35-6-4-2/h5,7,9-10,12-13,15-16,18-19,21-22,35,37,40-41,44-45H,3-4,6,8,11,14,17,20,23-34,36,38-39H2,1-2H3,(H,43,46)/b7-5-,10-9-,13-12-,16-15-,19-18-,22-21-,37-35+. The van der Waals surface area contributed by atoms with E-state index in [4.69, 9.17) is 0 Å². The van der Waals surface area contributed by atoms with Crippen LogP contribution < -0.4 is 5.32 Å². The third-order valence-corrected chi connectivity index (χ3v) is 7.87. The van der Waals surface area contributed by atoms with Crippen LogP contribution in [-0.4, -0.2) is 34.9 Å². The molecule has 262 valence electrons. The van der Waals surface area contributed by atoms with E-state index in [9.17, 15) is 15.0 Å². The van der Waals surface area contributed by atoms with Gasteiger partial charge in [0.15, 0.2) is 0 Å². The van der Waals surface area contributed by atoms with Crippen LogP contribution in [0.25, 0.3) is 0 Å². The maximum Gasteiger partial charge on any atom is 0.220 e. The minimum absolute atomic E-state index is 0.0839. The lowest BCUT2D eigenvalue weighted by Crippen LogP contribution is -2.45. The van der Waals surface area contributed by atoms with Crippen LogP contribution in [0.2, 0.25) is 0 Å². The van der Waals surface area contributed by atoms with Gasteiger partial charge >= 0.3 is 0 Å². The van der Waals surface area contributed by atoms with Crippen molar-refractivity contribution in [2.24, 2.45) is 0 Å². The Kier molecular flexibility index (Phi) is 35.1. The predicted molar refractivity (Wildman–Crippen MR) is 202 cm³/mol. The summed E-state index contributed by atoms with van der Waals surface area (Å²) >= 11 is 0. The highest BCUT2D eigenvalue weighted by molar-refractivity contribution is 5.76. The molecule has 0 aliphatic carbocycles. The molecule has 0 aromatic carbocycles. The van der Waals surface area contributed by atoms with E-state index >= 15 is 0 Å². The van der Waals surface area contributed by atoms with Gasteiger partial charge in [-0.15, -0.1) is 0 Å². The van der Waals surface area contributed by atoms with E-state index < -0.39 is 12.1 Å². The van der Waals surface area contributed by atoms with Crippen molar-refractivity contribution < 1.29 is 15.0 Å². The molecule has 0 rings (SSSR count). The zero-order valence-corrected chi connectivity index (χ0v) is 29.8. The quantitative estimate of drug-likeness (QED) is 0.0508. The minimum Gasteiger partial charge on any atom is -0.394 e. The third-order valence-electron chi connectivity index (χ3n) is 7.87. The van der Waals surface area contributed by atoms with E-state index in [-0.39, 0.29) is 12.5 Å². The molecule has 0 aromatic heterocycles. The van der Waals surface area contributed by atoms with E-state index in [0.29, 0.717) is 6.42 Å². The fourth-order valence-electron chi connectivity index (χ4n) is 5.01. The Morgan fingerprint density at radius 2 is 0.957 bits per heavy atom. The number of amides is 1. The van der Waals surface area contributed by atoms with Crippen molar-refractivity contribution in [2.75, 3.05) is 6.61 Å². The largest absolute Gasteiger partial charge is 0.394 e. The summed E-state index contributed by atoms with van der Waals surface area (Å²) < 4.78 is 0. The highest BCUT2D eigenvalue weighted by Crippen LogP contribution is 2.13. The molecule has 1 amide bonds. The van der Waals surface area contributed by atoms with Crippen molar-refractivity contribution in [3.8, 4) is 0 Å². The number of hydrogen-bond donors (Lipinski definition) is 3. The van der Waals surface area contributed by atoms with E-state index in [2.05, 4.69) is 92.1 Å². The van der Waals surface area contributed by atoms with Gasteiger partial charge < -0.3 is 15.5 Å². The van der Waals surface area contributed by atoms with Gasteiger partial charge in [0.05, 0.1) is 18.8 Å². The molecule has 2 atom stereocenters. The highest BCUT2D eigenvalue weighted by atomic mass is 16.3. The van der Waals surface area contributed by atoms with Crippen LogP contribution in [0.1, 0.15) is 155 Å². The Balaban J connectivity index is 3.49. The van der Waals surface area contributed by atoms with Gasteiger partial charge in [0.1, 0.15) is 0 Å². The first kappa shape index (κ1) is 43.6. The summed E-state index contributed by atoms with van der Waals surface area (Å²) in [6.07, 6.45) is 54.6. The van der Waals surface area contributed by atoms with Crippen molar-refractivity contribution in [2.45, 2.75) is 167 Å². The number of unbranched alkanes of at least 4 members (excludes halogenated alkanes) is 13. The summed E-state index contributed by atoms with van der Waals surface area (Å²) in [5.74, 6) is -0.0839. The van der Waals surface area contributed by atoms with Crippen LogP contribution in [0.15, 0.2) is 85.1 Å². The Bertz CT molecular complexity index is 864. The van der Waals surface area contributed by atoms with Crippen LogP contribution in [0.4, 0.5) is 0 Å². The first-order valence-electron chi connectivity index (χ1n) is 18.8. The van der Waals surface area contributed by atoms with E-state index in [1.807, 2.05) is 6.08 Å². The molecule has 0 saturated carbocycles. The Morgan fingerprint density at radius 1 is 0.543 bits per heavy atom. The van der Waals surface area contributed by atoms with Crippen molar-refractivity contribution >= 4 is 5.91 Å². The maximum absolute atomic E-state index is 12.1. The summed E-state index contributed by atoms with van der Waals surface area (Å²) in [7, 11) is 0. The van der Waals surface area contributed by atoms with Crippen LogP contribution in [-0.2, 0) is 4.79 Å². The smallest absolute Gasteiger partial charge is 0.220 e. The van der Waals surface area contributed by atoms with Gasteiger partial charge in [0.25, 0.3) is 0 Å². The summed E-state index contributed by atoms with van der Waals surface area (Å²) in [5, 5.41) is 22.3. The van der Waals surface area contributed by atoms with E-state index in [1.54, 1.807) is 6.08 Å². The third kappa shape index (κ3) is 32.9. The van der Waals surface area contributed by atoms with Gasteiger partial charge in [0, 0.05) is 6.42 Å². The first-order chi connectivity index (χ1) is 22.7. The lowest BCUT2D eigenvalue weighted by molar-refractivity contribution is -0.123. The highest BCUT2D eigenvalue weighted by Gasteiger charge is 2.17. The van der Waals surface area contributed by atoms with Gasteiger partial charge in [0.2, 0.25) is 5.91 Å². The summed E-state index contributed by atoms with van der Waals surface area (Å²) in [4.78, 5) is 12.1. The molecular weight excluding hydrogens is 566 g/mol. The molecule has 3 N–H and O–H groups in total. The fourth-order valence-corrected chi connectivity index (χ4v) is 5.01. The second-order valence-corrected chi connectivity index (χ2v) is 12.3. The number of allylic oxidation sites excluding steroid dienone is 13. The zero-order valence-electron chi connectivity index (χ0n) is 29.8. The molecule has 0 radical (unpaired) electrons. The lowest BCUT2D eigenvalue weighted by Gasteiger charge is -2.19. The summed E-state index contributed by atoms with van der Waals surface area (Å²) in [6.45, 7) is 3.98. The second-order valence-electron chi connectivity index (χ2n) is 12.3. The predicted octanol–water partition coefficient (Wildman–Crippen LogP) is 11.3. The van der Waals surface area contributed by atoms with Crippen LogP contribution in [0.5, 0.6) is 0 Å². The van der Waals surface area contributed by atoms with Crippen molar-refractivity contribution in [1.82, 2.24) is 5.32 Å². The Morgan fingerprint density at radius 3 is 1.39 bits per heavy atom. The Hall–Kier alpha value is -2.43. The Labute approximate surface area is 284 Å². The van der Waals surface area contributed by atoms with Crippen molar-refractivity contribution in [3.05, 3.63) is 85.1 Å². The number of carbonyl (C=O) groups excluding carboxylic acids is 1. The monoisotopic (exact) mass is 638 g/mol. The summed E-state index contributed by atoms with van der Waals surface area (Å²) in [6, 6.07) is -0.622. The molecule has 0 aromatic rings. The molecule has 0 saturated heterocycles. The maximum atomic E-state index is 12.1. The molecule has 0 bridgehead atoms. The number of aliphatic hydroxyl groups is 2. The molecule has 0 spiro atoms. The van der Waals surface area contributed by atoms with E-state index in [0.717, 1.165) is 64.2 Å². The zero-order chi connectivity index (χ0) is 33.6. The van der Waals surface area contributed by atoms with Crippen molar-refractivity contribution in [3.63, 3.8) is 0 Å². The number of rotatable bonds is 32. The minimum atomic E-state index is -0.839. The van der Waals surface area contributed by atoms with Crippen LogP contribution in [0.3, 0.4) is 0 Å². The topological polar surface area (TPSA) is 69.6 Å². The molecule has 0 fully saturated rings. The van der Waals surface area contributed by atoms with Gasteiger partial charge in [-0.2, -0.15) is 0 Å². The van der Waals surface area contributed by atoms with E-state index in [1.165, 1.54) is 70.6 Å². The first-order valence-corrected chi connectivity index (χ1v) is 18.8. The van der Waals surface area contributed by atoms with Crippen molar-refractivity contribution in [1.29, 1.82) is 0 Å². The molecule has 2 unspecified atom stereocenters. The van der Waals surface area contributed by atoms with Gasteiger partial charge in [-0.05, 0) is 64.2 Å². The SMILES string of the molecule is CC/C=C\C/C=C\C/C=C\C/C=C\C/C=C\C/C=C\CCCCCCCCCCCCCCC(=O)NC(CO)C(O)/C=C/CCC. The van der Waals surface area contributed by atoms with Gasteiger partial charge in [-0.1, -0.05) is 170 Å². The van der Waals surface area contributed by atoms with Crippen LogP contribution in [0, 0.1) is 0 Å². The van der Waals surface area contributed by atoms with Gasteiger partial charge in [-0.25, -0.2) is 0 Å². The molecule has 4 heteroatoms. The number of hydrogen-bond acceptors (Lipinski definition) is 3. The average molecular weight is 638 g/mol.